The summed E-state index contributed by atoms with van der Waals surface area (Å²) in [6, 6.07) is 3.32. The summed E-state index contributed by atoms with van der Waals surface area (Å²) in [6.45, 7) is 1.78. The minimum atomic E-state index is -0.268. The Kier molecular flexibility index (Phi) is 2.84. The summed E-state index contributed by atoms with van der Waals surface area (Å²) >= 11 is 6.94. The summed E-state index contributed by atoms with van der Waals surface area (Å²) in [5, 5.41) is 9.17. The molecule has 0 unspecified atom stereocenters. The van der Waals surface area contributed by atoms with E-state index in [1.807, 2.05) is 0 Å². The van der Waals surface area contributed by atoms with Crippen molar-refractivity contribution in [3.63, 3.8) is 0 Å². The van der Waals surface area contributed by atoms with E-state index in [0.29, 0.717) is 20.7 Å². The van der Waals surface area contributed by atoms with Gasteiger partial charge in [0.25, 0.3) is 5.91 Å². The lowest BCUT2D eigenvalue weighted by Gasteiger charge is -1.99. The molecule has 4 N–H and O–H groups in total. The zero-order chi connectivity index (χ0) is 11.7. The fourth-order valence-corrected chi connectivity index (χ4v) is 2.08. The number of hydrogen-bond acceptors (Lipinski definition) is 4. The summed E-state index contributed by atoms with van der Waals surface area (Å²) in [6.07, 6.45) is 0. The third-order valence-corrected chi connectivity index (χ3v) is 3.25. The van der Waals surface area contributed by atoms with Crippen LogP contribution in [0.2, 0.25) is 4.34 Å². The van der Waals surface area contributed by atoms with Gasteiger partial charge in [-0.05, 0) is 19.1 Å². The van der Waals surface area contributed by atoms with E-state index in [9.17, 15) is 4.79 Å². The average Bonchev–Trinajstić information content (AvgIpc) is 2.79. The summed E-state index contributed by atoms with van der Waals surface area (Å²) < 4.78 is 0.566. The fraction of sp³-hybridized carbons (Fsp3) is 0.111. The molecule has 0 spiro atoms. The zero-order valence-electron chi connectivity index (χ0n) is 8.37. The van der Waals surface area contributed by atoms with E-state index in [-0.39, 0.29) is 5.91 Å². The van der Waals surface area contributed by atoms with Gasteiger partial charge >= 0.3 is 0 Å². The Morgan fingerprint density at radius 3 is 2.88 bits per heavy atom. The molecule has 0 aliphatic heterocycles. The van der Waals surface area contributed by atoms with Crippen LogP contribution < -0.4 is 11.1 Å². The number of hydrogen-bond donors (Lipinski definition) is 3. The molecule has 0 aliphatic carbocycles. The number of nitrogen functional groups attached to an aromatic ring is 1. The maximum atomic E-state index is 11.7. The van der Waals surface area contributed by atoms with Gasteiger partial charge in [-0.25, -0.2) is 0 Å². The van der Waals surface area contributed by atoms with Gasteiger partial charge in [0.15, 0.2) is 5.82 Å². The van der Waals surface area contributed by atoms with E-state index in [1.165, 1.54) is 11.3 Å². The highest BCUT2D eigenvalue weighted by molar-refractivity contribution is 7.18. The van der Waals surface area contributed by atoms with Gasteiger partial charge in [0.1, 0.15) is 0 Å². The number of aryl methyl sites for hydroxylation is 1. The Bertz CT molecular complexity index is 533. The number of aromatic nitrogens is 2. The molecule has 16 heavy (non-hydrogen) atoms. The summed E-state index contributed by atoms with van der Waals surface area (Å²) in [7, 11) is 0. The Hall–Kier alpha value is -1.53. The lowest BCUT2D eigenvalue weighted by atomic mass is 10.4. The first-order valence-corrected chi connectivity index (χ1v) is 5.64. The van der Waals surface area contributed by atoms with Crippen molar-refractivity contribution in [3.05, 3.63) is 27.0 Å². The number of halogens is 1. The van der Waals surface area contributed by atoms with Crippen LogP contribution in [0, 0.1) is 6.92 Å². The number of anilines is 2. The number of nitrogens with zero attached hydrogens (tertiary/aromatic N) is 1. The number of H-pyrrole nitrogens is 1. The first-order chi connectivity index (χ1) is 7.58. The Labute approximate surface area is 101 Å². The molecule has 2 aromatic heterocycles. The van der Waals surface area contributed by atoms with Gasteiger partial charge in [-0.3, -0.25) is 9.89 Å². The minimum absolute atomic E-state index is 0.268. The number of carbonyl (C=O) groups is 1. The topological polar surface area (TPSA) is 83.8 Å². The van der Waals surface area contributed by atoms with Crippen molar-refractivity contribution in [1.29, 1.82) is 0 Å². The van der Waals surface area contributed by atoms with Crippen LogP contribution in [0.5, 0.6) is 0 Å². The van der Waals surface area contributed by atoms with Crippen molar-refractivity contribution in [2.24, 2.45) is 0 Å². The Balaban J connectivity index is 2.17. The lowest BCUT2D eigenvalue weighted by molar-refractivity contribution is 0.103. The zero-order valence-corrected chi connectivity index (χ0v) is 9.95. The third kappa shape index (κ3) is 2.02. The van der Waals surface area contributed by atoms with Crippen LogP contribution in [-0.4, -0.2) is 16.1 Å². The number of nitrogens with two attached hydrogens (primary N) is 1. The minimum Gasteiger partial charge on any atom is -0.394 e. The van der Waals surface area contributed by atoms with E-state index in [2.05, 4.69) is 15.5 Å². The highest BCUT2D eigenvalue weighted by Crippen LogP contribution is 2.24. The molecule has 0 fully saturated rings. The van der Waals surface area contributed by atoms with Crippen LogP contribution in [0.3, 0.4) is 0 Å². The van der Waals surface area contributed by atoms with E-state index in [0.717, 1.165) is 5.69 Å². The molecule has 1 amide bonds. The highest BCUT2D eigenvalue weighted by Gasteiger charge is 2.13. The van der Waals surface area contributed by atoms with Crippen LogP contribution in [0.25, 0.3) is 0 Å². The van der Waals surface area contributed by atoms with Gasteiger partial charge in [0, 0.05) is 0 Å². The number of amides is 1. The molecular weight excluding hydrogens is 248 g/mol. The van der Waals surface area contributed by atoms with Crippen LogP contribution in [0.15, 0.2) is 12.1 Å². The number of carbonyl (C=O) groups excluding carboxylic acids is 1. The summed E-state index contributed by atoms with van der Waals surface area (Å²) in [4.78, 5) is 12.2. The molecule has 0 saturated heterocycles. The van der Waals surface area contributed by atoms with Crippen molar-refractivity contribution in [2.75, 3.05) is 11.1 Å². The van der Waals surface area contributed by atoms with E-state index in [1.54, 1.807) is 19.1 Å². The van der Waals surface area contributed by atoms with Gasteiger partial charge < -0.3 is 11.1 Å². The number of rotatable bonds is 2. The summed E-state index contributed by atoms with van der Waals surface area (Å²) in [5.41, 5.74) is 6.87. The quantitative estimate of drug-likeness (QED) is 0.771. The standard InChI is InChI=1S/C9H9ClN4OS/c1-4-7(11)8(14-13-4)12-9(15)5-2-3-6(10)16-5/h2-3H,11H2,1H3,(H2,12,13,14,15). The van der Waals surface area contributed by atoms with E-state index in [4.69, 9.17) is 17.3 Å². The molecule has 0 saturated carbocycles. The second kappa shape index (κ2) is 4.15. The van der Waals surface area contributed by atoms with Crippen LogP contribution >= 0.6 is 22.9 Å². The molecular formula is C9H9ClN4OS. The van der Waals surface area contributed by atoms with Gasteiger partial charge in [-0.1, -0.05) is 11.6 Å². The molecule has 0 atom stereocenters. The molecule has 0 aliphatic rings. The van der Waals surface area contributed by atoms with Crippen molar-refractivity contribution in [1.82, 2.24) is 10.2 Å². The number of aromatic amines is 1. The maximum Gasteiger partial charge on any atom is 0.267 e. The van der Waals surface area contributed by atoms with Crippen LogP contribution in [0.1, 0.15) is 15.4 Å². The molecule has 0 radical (unpaired) electrons. The second-order valence-corrected chi connectivity index (χ2v) is 4.88. The van der Waals surface area contributed by atoms with Gasteiger partial charge in [-0.2, -0.15) is 5.10 Å². The number of nitrogens with one attached hydrogen (secondary N) is 2. The van der Waals surface area contributed by atoms with Crippen molar-refractivity contribution in [3.8, 4) is 0 Å². The molecule has 2 rings (SSSR count). The predicted molar refractivity (Wildman–Crippen MR) is 65.0 cm³/mol. The second-order valence-electron chi connectivity index (χ2n) is 3.17. The SMILES string of the molecule is Cc1[nH]nc(NC(=O)c2ccc(Cl)s2)c1N. The molecule has 0 bridgehead atoms. The smallest absolute Gasteiger partial charge is 0.267 e. The van der Waals surface area contributed by atoms with Crippen molar-refractivity contribution in [2.45, 2.75) is 6.92 Å². The fourth-order valence-electron chi connectivity index (χ4n) is 1.14. The monoisotopic (exact) mass is 256 g/mol. The molecule has 5 nitrogen and oxygen atoms in total. The number of thiophene rings is 1. The normalized spacial score (nSPS) is 10.4. The van der Waals surface area contributed by atoms with E-state index >= 15 is 0 Å². The van der Waals surface area contributed by atoms with E-state index < -0.39 is 0 Å². The summed E-state index contributed by atoms with van der Waals surface area (Å²) in [5.74, 6) is 0.0714. The van der Waals surface area contributed by atoms with Gasteiger partial charge in [-0.15, -0.1) is 11.3 Å². The Morgan fingerprint density at radius 1 is 1.62 bits per heavy atom. The lowest BCUT2D eigenvalue weighted by Crippen LogP contribution is -2.11. The predicted octanol–water partition coefficient (Wildman–Crippen LogP) is 2.27. The molecule has 7 heteroatoms. The largest absolute Gasteiger partial charge is 0.394 e. The average molecular weight is 257 g/mol. The molecule has 2 aromatic rings. The third-order valence-electron chi connectivity index (χ3n) is 2.02. The Morgan fingerprint density at radius 2 is 2.38 bits per heavy atom. The van der Waals surface area contributed by atoms with Crippen molar-refractivity contribution >= 4 is 40.4 Å². The first kappa shape index (κ1) is 11.0. The molecule has 0 aromatic carbocycles. The van der Waals surface area contributed by atoms with Gasteiger partial charge in [0.2, 0.25) is 0 Å². The van der Waals surface area contributed by atoms with Crippen LogP contribution in [-0.2, 0) is 0 Å². The van der Waals surface area contributed by atoms with Gasteiger partial charge in [0.05, 0.1) is 20.6 Å². The highest BCUT2D eigenvalue weighted by atomic mass is 35.5. The molecule has 2 heterocycles. The van der Waals surface area contributed by atoms with Crippen LogP contribution in [0.4, 0.5) is 11.5 Å². The van der Waals surface area contributed by atoms with Crippen molar-refractivity contribution < 1.29 is 4.79 Å². The maximum absolute atomic E-state index is 11.7. The molecule has 84 valence electrons. The first-order valence-electron chi connectivity index (χ1n) is 4.45.